The van der Waals surface area contributed by atoms with Crippen molar-refractivity contribution in [2.45, 2.75) is 39.3 Å². The van der Waals surface area contributed by atoms with Crippen LogP contribution in [0.4, 0.5) is 0 Å². The van der Waals surface area contributed by atoms with Crippen LogP contribution in [0.3, 0.4) is 0 Å². The second kappa shape index (κ2) is 5.36. The van der Waals surface area contributed by atoms with Crippen molar-refractivity contribution in [3.63, 3.8) is 0 Å². The van der Waals surface area contributed by atoms with Crippen LogP contribution in [-0.4, -0.2) is 49.1 Å². The molecule has 104 valence electrons. The van der Waals surface area contributed by atoms with Gasteiger partial charge in [-0.25, -0.2) is 0 Å². The Kier molecular flexibility index (Phi) is 4.50. The van der Waals surface area contributed by atoms with Crippen LogP contribution in [0.2, 0.25) is 0 Å². The second-order valence-electron chi connectivity index (χ2n) is 5.51. The fourth-order valence-corrected chi connectivity index (χ4v) is 2.19. The Hall–Kier alpha value is -0.940. The molecule has 5 heteroatoms. The molecule has 3 unspecified atom stereocenters. The number of hydrogen-bond acceptors (Lipinski definition) is 4. The molecule has 0 aliphatic carbocycles. The zero-order valence-electron chi connectivity index (χ0n) is 12.1. The third-order valence-corrected chi connectivity index (χ3v) is 4.14. The summed E-state index contributed by atoms with van der Waals surface area (Å²) in [6.07, 6.45) is 0. The van der Waals surface area contributed by atoms with Gasteiger partial charge in [-0.05, 0) is 20.9 Å². The van der Waals surface area contributed by atoms with Gasteiger partial charge in [0.05, 0.1) is 11.6 Å². The van der Waals surface area contributed by atoms with E-state index < -0.39 is 5.60 Å². The van der Waals surface area contributed by atoms with Crippen LogP contribution in [0.5, 0.6) is 0 Å². The van der Waals surface area contributed by atoms with Gasteiger partial charge in [-0.3, -0.25) is 14.5 Å². The lowest BCUT2D eigenvalue weighted by Gasteiger charge is -2.35. The number of carbonyl (C=O) groups is 2. The van der Waals surface area contributed by atoms with Crippen molar-refractivity contribution < 1.29 is 14.3 Å². The summed E-state index contributed by atoms with van der Waals surface area (Å²) in [7, 11) is 3.44. The summed E-state index contributed by atoms with van der Waals surface area (Å²) in [5.74, 6) is -0.611. The highest BCUT2D eigenvalue weighted by molar-refractivity contribution is 6.04. The van der Waals surface area contributed by atoms with Crippen LogP contribution < -0.4 is 5.32 Å². The summed E-state index contributed by atoms with van der Waals surface area (Å²) in [6, 6.07) is -0.0899. The molecule has 2 amide bonds. The zero-order chi connectivity index (χ0) is 14.1. The summed E-state index contributed by atoms with van der Waals surface area (Å²) in [6.45, 7) is 7.84. The van der Waals surface area contributed by atoms with Gasteiger partial charge in [-0.2, -0.15) is 0 Å². The van der Waals surface area contributed by atoms with Crippen LogP contribution in [0, 0.1) is 11.8 Å². The van der Waals surface area contributed by atoms with Crippen molar-refractivity contribution in [3.05, 3.63) is 0 Å². The largest absolute Gasteiger partial charge is 0.377 e. The molecule has 3 atom stereocenters. The molecule has 5 nitrogen and oxygen atoms in total. The van der Waals surface area contributed by atoms with E-state index in [9.17, 15) is 9.59 Å². The lowest BCUT2D eigenvalue weighted by molar-refractivity contribution is -0.141. The molecule has 0 spiro atoms. The van der Waals surface area contributed by atoms with E-state index >= 15 is 0 Å². The maximum atomic E-state index is 12.0. The van der Waals surface area contributed by atoms with Crippen molar-refractivity contribution in [2.24, 2.45) is 11.8 Å². The Labute approximate surface area is 109 Å². The normalized spacial score (nSPS) is 26.9. The van der Waals surface area contributed by atoms with Crippen molar-refractivity contribution >= 4 is 11.8 Å². The zero-order valence-corrected chi connectivity index (χ0v) is 12.1. The van der Waals surface area contributed by atoms with Crippen LogP contribution in [0.25, 0.3) is 0 Å². The number of amides is 2. The molecule has 0 radical (unpaired) electrons. The molecule has 1 heterocycles. The minimum Gasteiger partial charge on any atom is -0.377 e. The van der Waals surface area contributed by atoms with Gasteiger partial charge in [-0.1, -0.05) is 13.8 Å². The maximum absolute atomic E-state index is 12.0. The van der Waals surface area contributed by atoms with Crippen molar-refractivity contribution in [1.29, 1.82) is 0 Å². The third-order valence-electron chi connectivity index (χ3n) is 4.14. The number of methoxy groups -OCH3 is 1. The third kappa shape index (κ3) is 2.57. The molecule has 1 aliphatic heterocycles. The summed E-state index contributed by atoms with van der Waals surface area (Å²) in [5.41, 5.74) is -0.440. The van der Waals surface area contributed by atoms with Gasteiger partial charge in [0.2, 0.25) is 11.8 Å². The summed E-state index contributed by atoms with van der Waals surface area (Å²) in [4.78, 5) is 25.4. The van der Waals surface area contributed by atoms with Crippen molar-refractivity contribution in [1.82, 2.24) is 10.2 Å². The van der Waals surface area contributed by atoms with Crippen LogP contribution in [0.1, 0.15) is 27.7 Å². The smallest absolute Gasteiger partial charge is 0.232 e. The first-order valence-corrected chi connectivity index (χ1v) is 6.34. The number of likely N-dealkylation sites (N-methyl/N-ethyl adjacent to an activating group) is 1. The fourth-order valence-electron chi connectivity index (χ4n) is 2.19. The van der Waals surface area contributed by atoms with E-state index in [1.807, 2.05) is 20.9 Å². The van der Waals surface area contributed by atoms with Gasteiger partial charge in [0.15, 0.2) is 0 Å². The predicted molar refractivity (Wildman–Crippen MR) is 69.0 cm³/mol. The lowest BCUT2D eigenvalue weighted by Crippen LogP contribution is -2.54. The SMILES string of the molecule is CNC(CN1C(=O)C(C)C(C)C1=O)C(C)(C)OC. The Morgan fingerprint density at radius 3 is 2.06 bits per heavy atom. The first kappa shape index (κ1) is 15.1. The van der Waals surface area contributed by atoms with Crippen LogP contribution in [0.15, 0.2) is 0 Å². The van der Waals surface area contributed by atoms with E-state index in [2.05, 4.69) is 5.32 Å². The first-order chi connectivity index (χ1) is 8.26. The van der Waals surface area contributed by atoms with E-state index in [-0.39, 0.29) is 29.7 Å². The highest BCUT2D eigenvalue weighted by Gasteiger charge is 2.44. The Morgan fingerprint density at radius 2 is 1.72 bits per heavy atom. The molecule has 1 N–H and O–H groups in total. The van der Waals surface area contributed by atoms with E-state index in [4.69, 9.17) is 4.74 Å². The molecule has 1 fully saturated rings. The summed E-state index contributed by atoms with van der Waals surface area (Å²) < 4.78 is 5.41. The highest BCUT2D eigenvalue weighted by Crippen LogP contribution is 2.26. The summed E-state index contributed by atoms with van der Waals surface area (Å²) >= 11 is 0. The molecule has 18 heavy (non-hydrogen) atoms. The average molecular weight is 256 g/mol. The van der Waals surface area contributed by atoms with E-state index in [0.717, 1.165) is 0 Å². The lowest BCUT2D eigenvalue weighted by atomic mass is 9.98. The maximum Gasteiger partial charge on any atom is 0.232 e. The Bertz CT molecular complexity index is 321. The Balaban J connectivity index is 2.84. The standard InChI is InChI=1S/C13H24N2O3/c1-8-9(2)12(17)15(11(8)16)7-10(14-5)13(3,4)18-6/h8-10,14H,7H2,1-6H3. The van der Waals surface area contributed by atoms with E-state index in [0.29, 0.717) is 6.54 Å². The number of likely N-dealkylation sites (tertiary alicyclic amines) is 1. The second-order valence-corrected chi connectivity index (χ2v) is 5.51. The number of nitrogens with one attached hydrogen (secondary N) is 1. The number of nitrogens with zero attached hydrogens (tertiary/aromatic N) is 1. The predicted octanol–water partition coefficient (Wildman–Crippen LogP) is 0.640. The van der Waals surface area contributed by atoms with Gasteiger partial charge in [0, 0.05) is 25.5 Å². The van der Waals surface area contributed by atoms with Crippen LogP contribution in [-0.2, 0) is 14.3 Å². The van der Waals surface area contributed by atoms with Gasteiger partial charge in [-0.15, -0.1) is 0 Å². The van der Waals surface area contributed by atoms with E-state index in [1.54, 1.807) is 21.0 Å². The monoisotopic (exact) mass is 256 g/mol. The number of rotatable bonds is 5. The van der Waals surface area contributed by atoms with Crippen molar-refractivity contribution in [3.8, 4) is 0 Å². The first-order valence-electron chi connectivity index (χ1n) is 6.34. The molecule has 0 aromatic rings. The molecule has 0 saturated carbocycles. The molecule has 0 aromatic heterocycles. The number of ether oxygens (including phenoxy) is 1. The highest BCUT2D eigenvalue weighted by atomic mass is 16.5. The molecule has 1 saturated heterocycles. The number of imide groups is 1. The molecule has 0 bridgehead atoms. The van der Waals surface area contributed by atoms with Gasteiger partial charge < -0.3 is 10.1 Å². The molecule has 0 aromatic carbocycles. The van der Waals surface area contributed by atoms with E-state index in [1.165, 1.54) is 4.90 Å². The Morgan fingerprint density at radius 1 is 1.28 bits per heavy atom. The minimum atomic E-state index is -0.440. The average Bonchev–Trinajstić information content (AvgIpc) is 2.52. The summed E-state index contributed by atoms with van der Waals surface area (Å²) in [5, 5.41) is 3.12. The van der Waals surface area contributed by atoms with Crippen molar-refractivity contribution in [2.75, 3.05) is 20.7 Å². The van der Waals surface area contributed by atoms with Gasteiger partial charge >= 0.3 is 0 Å². The molecule has 1 aliphatic rings. The fraction of sp³-hybridized carbons (Fsp3) is 0.846. The quantitative estimate of drug-likeness (QED) is 0.733. The number of hydrogen-bond donors (Lipinski definition) is 1. The molecular formula is C13H24N2O3. The van der Waals surface area contributed by atoms with Gasteiger partial charge in [0.25, 0.3) is 0 Å². The van der Waals surface area contributed by atoms with Gasteiger partial charge in [0.1, 0.15) is 0 Å². The van der Waals surface area contributed by atoms with Crippen LogP contribution >= 0.6 is 0 Å². The number of carbonyl (C=O) groups excluding carboxylic acids is 2. The molecular weight excluding hydrogens is 232 g/mol. The topological polar surface area (TPSA) is 58.6 Å². The molecule has 1 rings (SSSR count). The minimum absolute atomic E-state index is 0.0837.